The van der Waals surface area contributed by atoms with Gasteiger partial charge >= 0.3 is 0 Å². The van der Waals surface area contributed by atoms with Crippen molar-refractivity contribution in [1.29, 1.82) is 0 Å². The molecule has 2 aromatic heterocycles. The maximum absolute atomic E-state index is 11.9. The number of hydrogen-bond donors (Lipinski definition) is 1. The lowest BCUT2D eigenvalue weighted by molar-refractivity contribution is 0.0935. The molecule has 0 radical (unpaired) electrons. The molecule has 21 heavy (non-hydrogen) atoms. The van der Waals surface area contributed by atoms with E-state index in [0.717, 1.165) is 44.6 Å². The van der Waals surface area contributed by atoms with Gasteiger partial charge in [-0.1, -0.05) is 0 Å². The van der Waals surface area contributed by atoms with Gasteiger partial charge in [-0.3, -0.25) is 9.69 Å². The van der Waals surface area contributed by atoms with Gasteiger partial charge in [0.1, 0.15) is 0 Å². The van der Waals surface area contributed by atoms with E-state index in [4.69, 9.17) is 4.42 Å². The summed E-state index contributed by atoms with van der Waals surface area (Å²) in [4.78, 5) is 14.3. The van der Waals surface area contributed by atoms with Crippen LogP contribution in [0.5, 0.6) is 0 Å². The summed E-state index contributed by atoms with van der Waals surface area (Å²) < 4.78 is 5.10. The van der Waals surface area contributed by atoms with Gasteiger partial charge in [0.2, 0.25) is 0 Å². The lowest BCUT2D eigenvalue weighted by Gasteiger charge is -2.31. The summed E-state index contributed by atoms with van der Waals surface area (Å²) in [7, 11) is 0. The number of thiophene rings is 1. The largest absolute Gasteiger partial charge is 0.472 e. The molecule has 1 aliphatic heterocycles. The van der Waals surface area contributed by atoms with Crippen molar-refractivity contribution in [3.63, 3.8) is 0 Å². The highest BCUT2D eigenvalue weighted by atomic mass is 32.1. The number of carbonyl (C=O) groups is 1. The second-order valence-electron chi connectivity index (χ2n) is 5.57. The van der Waals surface area contributed by atoms with Crippen LogP contribution in [0.15, 0.2) is 39.8 Å². The summed E-state index contributed by atoms with van der Waals surface area (Å²) in [5.41, 5.74) is 2.01. The monoisotopic (exact) mass is 304 g/mol. The fraction of sp³-hybridized carbons (Fsp3) is 0.438. The summed E-state index contributed by atoms with van der Waals surface area (Å²) in [5.74, 6) is 0.644. The fourth-order valence-electron chi connectivity index (χ4n) is 2.72. The van der Waals surface area contributed by atoms with E-state index in [0.29, 0.717) is 5.92 Å². The number of nitrogens with zero attached hydrogens (tertiary/aromatic N) is 1. The standard InChI is InChI=1S/C16H20N2O2S/c19-16(15-4-8-21-12-15)17-9-13-1-5-18(6-2-13)10-14-3-7-20-11-14/h3-4,7-8,11-13H,1-2,5-6,9-10H2,(H,17,19). The van der Waals surface area contributed by atoms with E-state index in [1.165, 1.54) is 5.56 Å². The van der Waals surface area contributed by atoms with Crippen LogP contribution in [0.4, 0.5) is 0 Å². The Balaban J connectivity index is 1.39. The number of nitrogens with one attached hydrogen (secondary N) is 1. The molecule has 1 aliphatic rings. The molecule has 0 aromatic carbocycles. The molecule has 3 rings (SSSR count). The molecule has 3 heterocycles. The van der Waals surface area contributed by atoms with Crippen molar-refractivity contribution in [1.82, 2.24) is 10.2 Å². The topological polar surface area (TPSA) is 45.5 Å². The molecular formula is C16H20N2O2S. The van der Waals surface area contributed by atoms with E-state index in [-0.39, 0.29) is 5.91 Å². The van der Waals surface area contributed by atoms with Gasteiger partial charge in [0.05, 0.1) is 12.5 Å². The van der Waals surface area contributed by atoms with E-state index >= 15 is 0 Å². The fourth-order valence-corrected chi connectivity index (χ4v) is 3.36. The Kier molecular flexibility index (Phi) is 4.72. The number of rotatable bonds is 5. The number of hydrogen-bond acceptors (Lipinski definition) is 4. The average Bonchev–Trinajstić information content (AvgIpc) is 3.19. The molecule has 1 saturated heterocycles. The summed E-state index contributed by atoms with van der Waals surface area (Å²) >= 11 is 1.56. The molecule has 112 valence electrons. The first-order valence-electron chi connectivity index (χ1n) is 7.35. The molecule has 0 aliphatic carbocycles. The zero-order valence-corrected chi connectivity index (χ0v) is 12.8. The third-order valence-corrected chi connectivity index (χ3v) is 4.71. The Labute approximate surface area is 128 Å². The highest BCUT2D eigenvalue weighted by Gasteiger charge is 2.20. The molecule has 0 spiro atoms. The van der Waals surface area contributed by atoms with Crippen molar-refractivity contribution in [2.75, 3.05) is 19.6 Å². The Hall–Kier alpha value is -1.59. The van der Waals surface area contributed by atoms with E-state index in [1.807, 2.05) is 29.2 Å². The van der Waals surface area contributed by atoms with Crippen LogP contribution in [0.25, 0.3) is 0 Å². The summed E-state index contributed by atoms with van der Waals surface area (Å²) in [5, 5.41) is 6.87. The van der Waals surface area contributed by atoms with Crippen LogP contribution in [0.1, 0.15) is 28.8 Å². The van der Waals surface area contributed by atoms with E-state index < -0.39 is 0 Å². The van der Waals surface area contributed by atoms with Crippen molar-refractivity contribution >= 4 is 17.2 Å². The molecule has 2 aromatic rings. The smallest absolute Gasteiger partial charge is 0.252 e. The van der Waals surface area contributed by atoms with Crippen LogP contribution in [-0.2, 0) is 6.54 Å². The first-order chi connectivity index (χ1) is 10.3. The molecule has 1 fully saturated rings. The predicted octanol–water partition coefficient (Wildman–Crippen LogP) is 2.98. The van der Waals surface area contributed by atoms with Crippen molar-refractivity contribution in [2.24, 2.45) is 5.92 Å². The van der Waals surface area contributed by atoms with Gasteiger partial charge < -0.3 is 9.73 Å². The number of furan rings is 1. The van der Waals surface area contributed by atoms with Crippen LogP contribution < -0.4 is 5.32 Å². The Bertz CT molecular complexity index is 543. The Morgan fingerprint density at radius 3 is 2.90 bits per heavy atom. The van der Waals surface area contributed by atoms with Crippen molar-refractivity contribution in [3.05, 3.63) is 46.5 Å². The maximum Gasteiger partial charge on any atom is 0.252 e. The zero-order valence-electron chi connectivity index (χ0n) is 12.0. The van der Waals surface area contributed by atoms with Gasteiger partial charge in [0, 0.05) is 29.6 Å². The molecule has 0 unspecified atom stereocenters. The second kappa shape index (κ2) is 6.91. The van der Waals surface area contributed by atoms with Crippen molar-refractivity contribution < 1.29 is 9.21 Å². The SMILES string of the molecule is O=C(NCC1CCN(Cc2ccoc2)CC1)c1ccsc1. The zero-order chi connectivity index (χ0) is 14.5. The summed E-state index contributed by atoms with van der Waals surface area (Å²) in [6.07, 6.45) is 5.82. The predicted molar refractivity (Wildman–Crippen MR) is 83.4 cm³/mol. The Morgan fingerprint density at radius 2 is 2.24 bits per heavy atom. The van der Waals surface area contributed by atoms with E-state index in [2.05, 4.69) is 10.2 Å². The van der Waals surface area contributed by atoms with Gasteiger partial charge in [-0.25, -0.2) is 0 Å². The average molecular weight is 304 g/mol. The summed E-state index contributed by atoms with van der Waals surface area (Å²) in [6, 6.07) is 3.89. The van der Waals surface area contributed by atoms with Crippen LogP contribution in [0, 0.1) is 5.92 Å². The molecule has 0 bridgehead atoms. The lowest BCUT2D eigenvalue weighted by atomic mass is 9.96. The summed E-state index contributed by atoms with van der Waals surface area (Å²) in [6.45, 7) is 3.92. The van der Waals surface area contributed by atoms with Crippen LogP contribution in [-0.4, -0.2) is 30.4 Å². The first kappa shape index (κ1) is 14.4. The van der Waals surface area contributed by atoms with Crippen LogP contribution in [0.2, 0.25) is 0 Å². The normalized spacial score (nSPS) is 17.0. The van der Waals surface area contributed by atoms with E-state index in [1.54, 1.807) is 17.6 Å². The minimum atomic E-state index is 0.0528. The quantitative estimate of drug-likeness (QED) is 0.923. The minimum Gasteiger partial charge on any atom is -0.472 e. The van der Waals surface area contributed by atoms with Crippen LogP contribution >= 0.6 is 11.3 Å². The molecule has 1 N–H and O–H groups in total. The van der Waals surface area contributed by atoms with Gasteiger partial charge in [0.25, 0.3) is 5.91 Å². The molecular weight excluding hydrogens is 284 g/mol. The van der Waals surface area contributed by atoms with Gasteiger partial charge in [-0.2, -0.15) is 11.3 Å². The first-order valence-corrected chi connectivity index (χ1v) is 8.29. The lowest BCUT2D eigenvalue weighted by Crippen LogP contribution is -2.38. The van der Waals surface area contributed by atoms with Gasteiger partial charge in [-0.05, 0) is 49.4 Å². The van der Waals surface area contributed by atoms with Crippen molar-refractivity contribution in [3.8, 4) is 0 Å². The third-order valence-electron chi connectivity index (χ3n) is 4.03. The number of piperidine rings is 1. The highest BCUT2D eigenvalue weighted by Crippen LogP contribution is 2.18. The van der Waals surface area contributed by atoms with E-state index in [9.17, 15) is 4.79 Å². The second-order valence-corrected chi connectivity index (χ2v) is 6.35. The molecule has 0 saturated carbocycles. The van der Waals surface area contributed by atoms with Gasteiger partial charge in [0.15, 0.2) is 0 Å². The Morgan fingerprint density at radius 1 is 1.38 bits per heavy atom. The van der Waals surface area contributed by atoms with Crippen molar-refractivity contribution in [2.45, 2.75) is 19.4 Å². The minimum absolute atomic E-state index is 0.0528. The number of amides is 1. The number of carbonyl (C=O) groups excluding carboxylic acids is 1. The molecule has 0 atom stereocenters. The maximum atomic E-state index is 11.9. The molecule has 4 nitrogen and oxygen atoms in total. The van der Waals surface area contributed by atoms with Gasteiger partial charge in [-0.15, -0.1) is 0 Å². The highest BCUT2D eigenvalue weighted by molar-refractivity contribution is 7.08. The number of likely N-dealkylation sites (tertiary alicyclic amines) is 1. The molecule has 1 amide bonds. The third kappa shape index (κ3) is 3.95. The molecule has 5 heteroatoms. The van der Waals surface area contributed by atoms with Crippen LogP contribution in [0.3, 0.4) is 0 Å².